The van der Waals surface area contributed by atoms with Crippen LogP contribution < -0.4 is 5.46 Å². The second kappa shape index (κ2) is 3.04. The first-order valence-electron chi connectivity index (χ1n) is 3.94. The van der Waals surface area contributed by atoms with Crippen molar-refractivity contribution in [1.29, 1.82) is 0 Å². The summed E-state index contributed by atoms with van der Waals surface area (Å²) in [7, 11) is -0.203. The van der Waals surface area contributed by atoms with Gasteiger partial charge in [-0.15, -0.1) is 5.10 Å². The molecule has 5 nitrogen and oxygen atoms in total. The topological polar surface area (TPSA) is 71.2 Å². The summed E-state index contributed by atoms with van der Waals surface area (Å²) in [5.74, 6) is -0.682. The van der Waals surface area contributed by atoms with Crippen molar-refractivity contribution in [1.82, 2.24) is 15.0 Å². The minimum atomic E-state index is -1.83. The summed E-state index contributed by atoms with van der Waals surface area (Å²) in [5, 5.41) is 25.1. The fourth-order valence-electron chi connectivity index (χ4n) is 1.27. The van der Waals surface area contributed by atoms with Gasteiger partial charge in [0.05, 0.1) is 5.52 Å². The van der Waals surface area contributed by atoms with Crippen LogP contribution in [0.3, 0.4) is 0 Å². The smallest absolute Gasteiger partial charge is 0.423 e. The summed E-state index contributed by atoms with van der Waals surface area (Å²) >= 11 is 0. The summed E-state index contributed by atoms with van der Waals surface area (Å²) in [4.78, 5) is 0. The Labute approximate surface area is 78.9 Å². The normalized spacial score (nSPS) is 10.9. The van der Waals surface area contributed by atoms with Gasteiger partial charge in [0.1, 0.15) is 11.3 Å². The lowest BCUT2D eigenvalue weighted by atomic mass is 9.80. The second-order valence-electron chi connectivity index (χ2n) is 2.95. The molecule has 0 aliphatic carbocycles. The van der Waals surface area contributed by atoms with Crippen LogP contribution in [-0.4, -0.2) is 32.2 Å². The number of nitrogens with zero attached hydrogens (tertiary/aromatic N) is 3. The number of hydrogen-bond acceptors (Lipinski definition) is 4. The van der Waals surface area contributed by atoms with Crippen molar-refractivity contribution in [2.24, 2.45) is 7.05 Å². The molecule has 0 saturated carbocycles. The average Bonchev–Trinajstić information content (AvgIpc) is 2.46. The molecule has 0 aliphatic rings. The molecule has 0 atom stereocenters. The van der Waals surface area contributed by atoms with E-state index in [1.807, 2.05) is 0 Å². The molecule has 0 saturated heterocycles. The maximum Gasteiger partial charge on any atom is 0.491 e. The number of halogens is 1. The van der Waals surface area contributed by atoms with Gasteiger partial charge in [0.2, 0.25) is 0 Å². The molecule has 0 radical (unpaired) electrons. The van der Waals surface area contributed by atoms with Gasteiger partial charge >= 0.3 is 7.12 Å². The summed E-state index contributed by atoms with van der Waals surface area (Å²) < 4.78 is 14.6. The molecule has 0 spiro atoms. The number of hydrogen-bond donors (Lipinski definition) is 2. The number of rotatable bonds is 1. The van der Waals surface area contributed by atoms with Gasteiger partial charge in [-0.05, 0) is 6.07 Å². The fourth-order valence-corrected chi connectivity index (χ4v) is 1.27. The van der Waals surface area contributed by atoms with E-state index in [2.05, 4.69) is 10.3 Å². The lowest BCUT2D eigenvalue weighted by molar-refractivity contribution is 0.423. The van der Waals surface area contributed by atoms with Crippen molar-refractivity contribution in [2.45, 2.75) is 0 Å². The zero-order chi connectivity index (χ0) is 10.3. The molecular weight excluding hydrogens is 188 g/mol. The van der Waals surface area contributed by atoms with Crippen LogP contribution in [0.4, 0.5) is 4.39 Å². The van der Waals surface area contributed by atoms with Crippen molar-refractivity contribution >= 4 is 23.6 Å². The van der Waals surface area contributed by atoms with E-state index in [-0.39, 0.29) is 5.46 Å². The van der Waals surface area contributed by atoms with Crippen molar-refractivity contribution in [3.05, 3.63) is 17.9 Å². The van der Waals surface area contributed by atoms with Crippen LogP contribution in [0, 0.1) is 5.82 Å². The molecule has 7 heteroatoms. The van der Waals surface area contributed by atoms with E-state index in [0.29, 0.717) is 11.0 Å². The highest BCUT2D eigenvalue weighted by molar-refractivity contribution is 6.59. The first kappa shape index (κ1) is 9.10. The molecule has 0 aliphatic heterocycles. The molecule has 1 aromatic carbocycles. The molecule has 72 valence electrons. The SMILES string of the molecule is Cn1nnc2cc(B(O)O)c(F)cc21. The average molecular weight is 195 g/mol. The Bertz CT molecular complexity index is 485. The van der Waals surface area contributed by atoms with Crippen molar-refractivity contribution in [3.8, 4) is 0 Å². The number of aromatic nitrogens is 3. The Morgan fingerprint density at radius 3 is 2.79 bits per heavy atom. The number of fused-ring (bicyclic) bond motifs is 1. The predicted molar refractivity (Wildman–Crippen MR) is 48.3 cm³/mol. The van der Waals surface area contributed by atoms with E-state index in [9.17, 15) is 4.39 Å². The van der Waals surface area contributed by atoms with Gasteiger partial charge in [0.25, 0.3) is 0 Å². The summed E-state index contributed by atoms with van der Waals surface area (Å²) in [6.07, 6.45) is 0. The van der Waals surface area contributed by atoms with Crippen molar-refractivity contribution in [3.63, 3.8) is 0 Å². The monoisotopic (exact) mass is 195 g/mol. The van der Waals surface area contributed by atoms with Gasteiger partial charge in [0, 0.05) is 18.6 Å². The van der Waals surface area contributed by atoms with Crippen LogP contribution in [-0.2, 0) is 7.05 Å². The summed E-state index contributed by atoms with van der Waals surface area (Å²) in [5.41, 5.74) is 0.738. The third kappa shape index (κ3) is 1.26. The highest BCUT2D eigenvalue weighted by atomic mass is 19.1. The molecule has 0 unspecified atom stereocenters. The number of aryl methyl sites for hydroxylation is 1. The first-order valence-corrected chi connectivity index (χ1v) is 3.94. The molecule has 14 heavy (non-hydrogen) atoms. The highest BCUT2D eigenvalue weighted by Gasteiger charge is 2.18. The molecule has 2 N–H and O–H groups in total. The van der Waals surface area contributed by atoms with E-state index < -0.39 is 12.9 Å². The van der Waals surface area contributed by atoms with E-state index >= 15 is 0 Å². The van der Waals surface area contributed by atoms with Gasteiger partial charge in [0.15, 0.2) is 0 Å². The van der Waals surface area contributed by atoms with Gasteiger partial charge < -0.3 is 10.0 Å². The van der Waals surface area contributed by atoms with Gasteiger partial charge in [-0.1, -0.05) is 5.21 Å². The van der Waals surface area contributed by atoms with E-state index in [0.717, 1.165) is 0 Å². The fraction of sp³-hybridized carbons (Fsp3) is 0.143. The van der Waals surface area contributed by atoms with Crippen molar-refractivity contribution in [2.75, 3.05) is 0 Å². The maximum atomic E-state index is 13.2. The second-order valence-corrected chi connectivity index (χ2v) is 2.95. The summed E-state index contributed by atoms with van der Waals surface area (Å²) in [6, 6.07) is 2.44. The van der Waals surface area contributed by atoms with Crippen LogP contribution in [0.15, 0.2) is 12.1 Å². The predicted octanol–water partition coefficient (Wildman–Crippen LogP) is -1.21. The van der Waals surface area contributed by atoms with E-state index in [1.54, 1.807) is 7.05 Å². The Balaban J connectivity index is 2.72. The summed E-state index contributed by atoms with van der Waals surface area (Å²) in [6.45, 7) is 0. The Hall–Kier alpha value is -1.47. The quantitative estimate of drug-likeness (QED) is 0.560. The lowest BCUT2D eigenvalue weighted by Crippen LogP contribution is -2.32. The van der Waals surface area contributed by atoms with Gasteiger partial charge in [-0.25, -0.2) is 9.07 Å². The molecule has 0 bridgehead atoms. The zero-order valence-electron chi connectivity index (χ0n) is 7.35. The zero-order valence-corrected chi connectivity index (χ0v) is 7.35. The first-order chi connectivity index (χ1) is 6.59. The minimum Gasteiger partial charge on any atom is -0.423 e. The molecule has 1 aromatic heterocycles. The molecule has 0 amide bonds. The third-order valence-electron chi connectivity index (χ3n) is 2.01. The molecule has 2 rings (SSSR count). The molecule has 1 heterocycles. The largest absolute Gasteiger partial charge is 0.491 e. The Morgan fingerprint density at radius 1 is 1.43 bits per heavy atom. The standard InChI is InChI=1S/C7H7BFN3O2/c1-12-7-3-5(9)4(8(13)14)2-6(7)10-11-12/h2-3,13-14H,1H3. The molecule has 2 aromatic rings. The lowest BCUT2D eigenvalue weighted by Gasteiger charge is -2.00. The van der Waals surface area contributed by atoms with Gasteiger partial charge in [-0.2, -0.15) is 0 Å². The Kier molecular flexibility index (Phi) is 1.97. The van der Waals surface area contributed by atoms with Crippen LogP contribution in [0.5, 0.6) is 0 Å². The van der Waals surface area contributed by atoms with E-state index in [4.69, 9.17) is 10.0 Å². The maximum absolute atomic E-state index is 13.2. The Morgan fingerprint density at radius 2 is 2.14 bits per heavy atom. The molecule has 0 fully saturated rings. The highest BCUT2D eigenvalue weighted by Crippen LogP contribution is 2.10. The molecular formula is C7H7BFN3O2. The van der Waals surface area contributed by atoms with Gasteiger partial charge in [-0.3, -0.25) is 0 Å². The van der Waals surface area contributed by atoms with Crippen molar-refractivity contribution < 1.29 is 14.4 Å². The van der Waals surface area contributed by atoms with Crippen LogP contribution >= 0.6 is 0 Å². The number of benzene rings is 1. The van der Waals surface area contributed by atoms with Crippen LogP contribution in [0.2, 0.25) is 0 Å². The van der Waals surface area contributed by atoms with Crippen LogP contribution in [0.25, 0.3) is 11.0 Å². The van der Waals surface area contributed by atoms with Crippen LogP contribution in [0.1, 0.15) is 0 Å². The minimum absolute atomic E-state index is 0.196. The van der Waals surface area contributed by atoms with E-state index in [1.165, 1.54) is 16.8 Å². The third-order valence-corrected chi connectivity index (χ3v) is 2.01.